The maximum atomic E-state index is 4.03. The summed E-state index contributed by atoms with van der Waals surface area (Å²) in [4.78, 5) is 2.79. The highest BCUT2D eigenvalue weighted by molar-refractivity contribution is 7.12. The van der Waals surface area contributed by atoms with Crippen molar-refractivity contribution in [2.24, 2.45) is 0 Å². The monoisotopic (exact) mass is 249 g/mol. The van der Waals surface area contributed by atoms with Crippen LogP contribution in [-0.2, 0) is 6.54 Å². The topological polar surface area (TPSA) is 40.7 Å². The minimum Gasteiger partial charge on any atom is -0.306 e. The molecule has 0 saturated carbocycles. The number of nitrogens with zero attached hydrogens (tertiary/aromatic N) is 1. The molecule has 0 unspecified atom stereocenters. The molecule has 0 aromatic carbocycles. The fraction of sp³-hybridized carbons (Fsp3) is 0.462. The average molecular weight is 249 g/mol. The van der Waals surface area contributed by atoms with E-state index in [2.05, 4.69) is 49.3 Å². The number of thiophene rings is 1. The Balaban J connectivity index is 2.00. The van der Waals surface area contributed by atoms with Crippen LogP contribution in [0.2, 0.25) is 0 Å². The van der Waals surface area contributed by atoms with E-state index in [1.807, 2.05) is 17.5 Å². The van der Waals surface area contributed by atoms with Gasteiger partial charge in [0.2, 0.25) is 0 Å². The summed E-state index contributed by atoms with van der Waals surface area (Å²) in [6.07, 6.45) is 1.89. The van der Waals surface area contributed by atoms with Crippen molar-refractivity contribution >= 4 is 11.3 Å². The Kier molecular flexibility index (Phi) is 3.64. The molecular weight excluding hydrogens is 230 g/mol. The second-order valence-corrected chi connectivity index (χ2v) is 5.95. The minimum absolute atomic E-state index is 0.384. The van der Waals surface area contributed by atoms with Gasteiger partial charge in [0.1, 0.15) is 0 Å². The Morgan fingerprint density at radius 2 is 2.18 bits per heavy atom. The van der Waals surface area contributed by atoms with Gasteiger partial charge in [-0.05, 0) is 39.3 Å². The van der Waals surface area contributed by atoms with E-state index in [1.165, 1.54) is 20.9 Å². The van der Waals surface area contributed by atoms with E-state index in [1.54, 1.807) is 0 Å². The standard InChI is InChI=1S/C13H19N3S/c1-8-5-13(11(4)17-8)10(3)14-6-12-7-15-16-9(12)2/h5,7,10,14H,6H2,1-4H3,(H,15,16)/t10-/m1/s1. The van der Waals surface area contributed by atoms with E-state index < -0.39 is 0 Å². The van der Waals surface area contributed by atoms with Crippen LogP contribution in [0.3, 0.4) is 0 Å². The van der Waals surface area contributed by atoms with Gasteiger partial charge in [0.25, 0.3) is 0 Å². The van der Waals surface area contributed by atoms with Crippen molar-refractivity contribution in [3.63, 3.8) is 0 Å². The lowest BCUT2D eigenvalue weighted by atomic mass is 10.1. The number of rotatable bonds is 4. The average Bonchev–Trinajstić information content (AvgIpc) is 2.81. The normalized spacial score (nSPS) is 12.9. The first-order valence-electron chi connectivity index (χ1n) is 5.87. The van der Waals surface area contributed by atoms with Crippen molar-refractivity contribution in [1.29, 1.82) is 0 Å². The van der Waals surface area contributed by atoms with Crippen molar-refractivity contribution in [3.05, 3.63) is 38.8 Å². The summed E-state index contributed by atoms with van der Waals surface area (Å²) in [5.74, 6) is 0. The number of aryl methyl sites for hydroxylation is 3. The van der Waals surface area contributed by atoms with E-state index in [0.717, 1.165) is 12.2 Å². The largest absolute Gasteiger partial charge is 0.306 e. The number of H-pyrrole nitrogens is 1. The number of hydrogen-bond donors (Lipinski definition) is 2. The highest BCUT2D eigenvalue weighted by atomic mass is 32.1. The molecule has 0 saturated heterocycles. The Bertz CT molecular complexity index is 498. The summed E-state index contributed by atoms with van der Waals surface area (Å²) in [6.45, 7) is 9.47. The van der Waals surface area contributed by atoms with Crippen LogP contribution in [0.4, 0.5) is 0 Å². The zero-order valence-corrected chi connectivity index (χ0v) is 11.6. The van der Waals surface area contributed by atoms with Gasteiger partial charge in [-0.1, -0.05) is 0 Å². The lowest BCUT2D eigenvalue weighted by Crippen LogP contribution is -2.18. The Hall–Kier alpha value is -1.13. The molecule has 2 aromatic heterocycles. The molecule has 0 amide bonds. The first-order valence-corrected chi connectivity index (χ1v) is 6.68. The van der Waals surface area contributed by atoms with Gasteiger partial charge in [-0.15, -0.1) is 11.3 Å². The van der Waals surface area contributed by atoms with Crippen LogP contribution < -0.4 is 5.32 Å². The lowest BCUT2D eigenvalue weighted by molar-refractivity contribution is 0.573. The van der Waals surface area contributed by atoms with Crippen LogP contribution >= 0.6 is 11.3 Å². The van der Waals surface area contributed by atoms with Gasteiger partial charge in [0.05, 0.1) is 6.20 Å². The van der Waals surface area contributed by atoms with Crippen molar-refractivity contribution in [1.82, 2.24) is 15.5 Å². The molecule has 92 valence electrons. The number of nitrogens with one attached hydrogen (secondary N) is 2. The number of aromatic nitrogens is 2. The maximum Gasteiger partial charge on any atom is 0.0535 e. The molecule has 0 radical (unpaired) electrons. The third-order valence-electron chi connectivity index (χ3n) is 3.08. The summed E-state index contributed by atoms with van der Waals surface area (Å²) in [6, 6.07) is 2.66. The summed E-state index contributed by atoms with van der Waals surface area (Å²) < 4.78 is 0. The quantitative estimate of drug-likeness (QED) is 0.873. The minimum atomic E-state index is 0.384. The smallest absolute Gasteiger partial charge is 0.0535 e. The summed E-state index contributed by atoms with van der Waals surface area (Å²) in [5, 5.41) is 10.5. The van der Waals surface area contributed by atoms with E-state index in [9.17, 15) is 0 Å². The van der Waals surface area contributed by atoms with Gasteiger partial charge in [-0.25, -0.2) is 0 Å². The molecule has 3 nitrogen and oxygen atoms in total. The second-order valence-electron chi connectivity index (χ2n) is 4.49. The van der Waals surface area contributed by atoms with Crippen LogP contribution in [0.25, 0.3) is 0 Å². The Labute approximate surface area is 106 Å². The fourth-order valence-corrected chi connectivity index (χ4v) is 3.03. The Morgan fingerprint density at radius 3 is 2.71 bits per heavy atom. The van der Waals surface area contributed by atoms with Crippen molar-refractivity contribution < 1.29 is 0 Å². The third kappa shape index (κ3) is 2.76. The van der Waals surface area contributed by atoms with E-state index in [0.29, 0.717) is 6.04 Å². The molecule has 0 fully saturated rings. The van der Waals surface area contributed by atoms with E-state index >= 15 is 0 Å². The van der Waals surface area contributed by atoms with Gasteiger partial charge < -0.3 is 5.32 Å². The number of aromatic amines is 1. The van der Waals surface area contributed by atoms with Crippen LogP contribution in [-0.4, -0.2) is 10.2 Å². The lowest BCUT2D eigenvalue weighted by Gasteiger charge is -2.13. The maximum absolute atomic E-state index is 4.03. The van der Waals surface area contributed by atoms with Crippen molar-refractivity contribution in [3.8, 4) is 0 Å². The van der Waals surface area contributed by atoms with Crippen molar-refractivity contribution in [2.45, 2.75) is 40.3 Å². The summed E-state index contributed by atoms with van der Waals surface area (Å²) >= 11 is 1.87. The highest BCUT2D eigenvalue weighted by Crippen LogP contribution is 2.26. The van der Waals surface area contributed by atoms with Crippen LogP contribution in [0.5, 0.6) is 0 Å². The molecule has 2 rings (SSSR count). The Morgan fingerprint density at radius 1 is 1.41 bits per heavy atom. The fourth-order valence-electron chi connectivity index (χ4n) is 2.01. The zero-order valence-electron chi connectivity index (χ0n) is 10.8. The van der Waals surface area contributed by atoms with Gasteiger partial charge in [-0.3, -0.25) is 5.10 Å². The van der Waals surface area contributed by atoms with Gasteiger partial charge in [0, 0.05) is 33.6 Å². The van der Waals surface area contributed by atoms with E-state index in [-0.39, 0.29) is 0 Å². The van der Waals surface area contributed by atoms with Gasteiger partial charge >= 0.3 is 0 Å². The first-order chi connectivity index (χ1) is 8.08. The molecule has 0 aliphatic carbocycles. The third-order valence-corrected chi connectivity index (χ3v) is 4.06. The van der Waals surface area contributed by atoms with Crippen LogP contribution in [0.1, 0.15) is 39.5 Å². The van der Waals surface area contributed by atoms with Gasteiger partial charge in [0.15, 0.2) is 0 Å². The second kappa shape index (κ2) is 5.02. The predicted octanol–water partition coefficient (Wildman–Crippen LogP) is 3.25. The molecule has 2 heterocycles. The molecule has 17 heavy (non-hydrogen) atoms. The molecule has 2 N–H and O–H groups in total. The predicted molar refractivity (Wildman–Crippen MR) is 72.4 cm³/mol. The highest BCUT2D eigenvalue weighted by Gasteiger charge is 2.11. The van der Waals surface area contributed by atoms with E-state index in [4.69, 9.17) is 0 Å². The molecule has 0 spiro atoms. The van der Waals surface area contributed by atoms with Crippen LogP contribution in [0, 0.1) is 20.8 Å². The summed E-state index contributed by atoms with van der Waals surface area (Å²) in [7, 11) is 0. The number of hydrogen-bond acceptors (Lipinski definition) is 3. The molecule has 4 heteroatoms. The molecule has 0 bridgehead atoms. The SMILES string of the molecule is Cc1cc([C@@H](C)NCc2cn[nH]c2C)c(C)s1. The molecule has 0 aliphatic rings. The molecule has 1 atom stereocenters. The molecule has 0 aliphatic heterocycles. The first kappa shape index (κ1) is 12.3. The molecular formula is C13H19N3S. The molecule has 2 aromatic rings. The zero-order chi connectivity index (χ0) is 12.4. The van der Waals surface area contributed by atoms with Crippen molar-refractivity contribution in [2.75, 3.05) is 0 Å². The van der Waals surface area contributed by atoms with Gasteiger partial charge in [-0.2, -0.15) is 5.10 Å². The summed E-state index contributed by atoms with van der Waals surface area (Å²) in [5.41, 5.74) is 3.79. The van der Waals surface area contributed by atoms with Crippen LogP contribution in [0.15, 0.2) is 12.3 Å².